The van der Waals surface area contributed by atoms with Gasteiger partial charge in [-0.1, -0.05) is 105 Å². The van der Waals surface area contributed by atoms with Crippen LogP contribution in [0.3, 0.4) is 0 Å². The Labute approximate surface area is 324 Å². The van der Waals surface area contributed by atoms with Gasteiger partial charge in [-0.15, -0.1) is 0 Å². The number of allylic oxidation sites excluding steroid dienone is 8. The number of nitrogens with zero attached hydrogens (tertiary/aromatic N) is 3. The number of anilines is 1. The summed E-state index contributed by atoms with van der Waals surface area (Å²) in [6.45, 7) is 10.6. The molecule has 0 aromatic heterocycles. The lowest BCUT2D eigenvalue weighted by molar-refractivity contribution is -0.401. The highest BCUT2D eigenvalue weighted by atomic mass is 16.2. The normalized spacial score (nSPS) is 18.1. The van der Waals surface area contributed by atoms with Crippen LogP contribution in [0.15, 0.2) is 133 Å². The lowest BCUT2D eigenvalue weighted by Crippen LogP contribution is -2.38. The zero-order valence-electron chi connectivity index (χ0n) is 32.6. The van der Waals surface area contributed by atoms with Gasteiger partial charge in [-0.05, 0) is 72.0 Å². The molecule has 0 unspecified atom stereocenters. The minimum atomic E-state index is -0.330. The molecule has 0 atom stereocenters. The number of imide groups is 1. The van der Waals surface area contributed by atoms with Gasteiger partial charge in [-0.3, -0.25) is 19.3 Å². The third-order valence-electron chi connectivity index (χ3n) is 11.4. The van der Waals surface area contributed by atoms with E-state index in [2.05, 4.69) is 165 Å². The number of fused-ring (bicyclic) bond motifs is 6. The van der Waals surface area contributed by atoms with Crippen molar-refractivity contribution in [3.63, 3.8) is 0 Å². The molecule has 0 saturated heterocycles. The van der Waals surface area contributed by atoms with E-state index in [9.17, 15) is 14.4 Å². The van der Waals surface area contributed by atoms with Gasteiger partial charge < -0.3 is 10.2 Å². The number of hydrogen-bond acceptors (Lipinski definition) is 4. The van der Waals surface area contributed by atoms with Gasteiger partial charge in [0, 0.05) is 72.7 Å². The molecule has 7 nitrogen and oxygen atoms in total. The maximum atomic E-state index is 12.5. The molecule has 0 bridgehead atoms. The SMILES string of the molecule is C[N+]1=C(C=CC=CC=CC=C2N(CCCCCC(=O)NCCN3C(=O)C=CC3=O)c3ccc4ccccc4c3C2(C)C)C(C)(C)c2c1ccc1ccccc21. The summed E-state index contributed by atoms with van der Waals surface area (Å²) in [5, 5.41) is 7.96. The van der Waals surface area contributed by atoms with Crippen LogP contribution >= 0.6 is 0 Å². The second kappa shape index (κ2) is 15.5. The smallest absolute Gasteiger partial charge is 0.253 e. The Bertz CT molecular complexity index is 2350. The summed E-state index contributed by atoms with van der Waals surface area (Å²) >= 11 is 0. The van der Waals surface area contributed by atoms with Crippen LogP contribution in [-0.4, -0.2) is 59.6 Å². The van der Waals surface area contributed by atoms with Crippen molar-refractivity contribution in [3.8, 4) is 0 Å². The zero-order chi connectivity index (χ0) is 38.7. The molecule has 3 aliphatic rings. The van der Waals surface area contributed by atoms with Crippen molar-refractivity contribution >= 4 is 56.4 Å². The van der Waals surface area contributed by atoms with E-state index >= 15 is 0 Å². The lowest BCUT2D eigenvalue weighted by atomic mass is 9.79. The summed E-state index contributed by atoms with van der Waals surface area (Å²) in [6, 6.07) is 26.2. The van der Waals surface area contributed by atoms with Gasteiger partial charge in [0.15, 0.2) is 5.71 Å². The van der Waals surface area contributed by atoms with Crippen LogP contribution in [0.4, 0.5) is 11.4 Å². The molecule has 4 aromatic carbocycles. The Balaban J connectivity index is 1.00. The maximum Gasteiger partial charge on any atom is 0.253 e. The molecule has 55 heavy (non-hydrogen) atoms. The van der Waals surface area contributed by atoms with Gasteiger partial charge in [0.05, 0.1) is 5.41 Å². The molecular weight excluding hydrogens is 681 g/mol. The van der Waals surface area contributed by atoms with E-state index in [4.69, 9.17) is 0 Å². The van der Waals surface area contributed by atoms with Crippen LogP contribution in [0, 0.1) is 0 Å². The second-order valence-corrected chi connectivity index (χ2v) is 15.7. The first-order valence-corrected chi connectivity index (χ1v) is 19.5. The lowest BCUT2D eigenvalue weighted by Gasteiger charge is -2.27. The van der Waals surface area contributed by atoms with E-state index in [1.165, 1.54) is 67.6 Å². The number of nitrogens with one attached hydrogen (secondary N) is 1. The number of hydrogen-bond donors (Lipinski definition) is 1. The summed E-state index contributed by atoms with van der Waals surface area (Å²) in [7, 11) is 2.16. The van der Waals surface area contributed by atoms with E-state index in [0.29, 0.717) is 6.42 Å². The van der Waals surface area contributed by atoms with Crippen molar-refractivity contribution in [1.29, 1.82) is 0 Å². The number of benzene rings is 4. The van der Waals surface area contributed by atoms with Crippen LogP contribution in [0.25, 0.3) is 21.5 Å². The molecule has 0 fully saturated rings. The van der Waals surface area contributed by atoms with Gasteiger partial charge in [0.25, 0.3) is 11.8 Å². The Morgan fingerprint density at radius 2 is 1.33 bits per heavy atom. The number of carbonyl (C=O) groups is 3. The molecule has 4 aromatic rings. The monoisotopic (exact) mass is 731 g/mol. The Hall–Kier alpha value is -5.82. The van der Waals surface area contributed by atoms with Crippen molar-refractivity contribution in [2.75, 3.05) is 31.6 Å². The van der Waals surface area contributed by atoms with E-state index in [1.807, 2.05) is 0 Å². The topological polar surface area (TPSA) is 72.7 Å². The van der Waals surface area contributed by atoms with E-state index in [1.54, 1.807) is 0 Å². The molecule has 1 N–H and O–H groups in total. The molecule has 3 heterocycles. The van der Waals surface area contributed by atoms with Crippen LogP contribution in [-0.2, 0) is 25.2 Å². The third-order valence-corrected chi connectivity index (χ3v) is 11.4. The minimum Gasteiger partial charge on any atom is -0.354 e. The molecule has 0 aliphatic carbocycles. The average Bonchev–Trinajstić information content (AvgIpc) is 3.69. The molecule has 7 rings (SSSR count). The average molecular weight is 732 g/mol. The van der Waals surface area contributed by atoms with Gasteiger partial charge in [0.2, 0.25) is 11.6 Å². The Morgan fingerprint density at radius 3 is 2.05 bits per heavy atom. The fourth-order valence-electron chi connectivity index (χ4n) is 8.74. The van der Waals surface area contributed by atoms with Crippen molar-refractivity contribution in [3.05, 3.63) is 144 Å². The summed E-state index contributed by atoms with van der Waals surface area (Å²) in [5.74, 6) is -0.719. The Kier molecular flexibility index (Phi) is 10.6. The van der Waals surface area contributed by atoms with Gasteiger partial charge in [0.1, 0.15) is 7.05 Å². The molecule has 7 heteroatoms. The minimum absolute atomic E-state index is 0.0592. The molecule has 280 valence electrons. The highest BCUT2D eigenvalue weighted by Gasteiger charge is 2.44. The molecular formula is C48H51N4O3+. The largest absolute Gasteiger partial charge is 0.354 e. The van der Waals surface area contributed by atoms with Crippen LogP contribution in [0.1, 0.15) is 64.5 Å². The van der Waals surface area contributed by atoms with Gasteiger partial charge in [-0.25, -0.2) is 0 Å². The van der Waals surface area contributed by atoms with Crippen molar-refractivity contribution in [2.24, 2.45) is 0 Å². The first-order chi connectivity index (χ1) is 26.5. The number of amides is 3. The van der Waals surface area contributed by atoms with E-state index < -0.39 is 0 Å². The zero-order valence-corrected chi connectivity index (χ0v) is 32.6. The number of carbonyl (C=O) groups excluding carboxylic acids is 3. The molecule has 3 amide bonds. The highest BCUT2D eigenvalue weighted by molar-refractivity contribution is 6.13. The molecule has 0 saturated carbocycles. The van der Waals surface area contributed by atoms with Crippen LogP contribution < -0.4 is 10.2 Å². The standard InChI is InChI=1S/C48H50N4O3/c1-47(2)40(50(5)38-27-25-34-18-13-15-20-36(34)45(38)47)22-10-7-6-8-11-23-41-48(3,4)46-37-21-16-14-19-35(37)26-28-39(46)51(41)32-17-9-12-24-42(53)49-31-33-52-43(54)29-30-44(52)55/h6-8,10-11,13-16,18-23,25-30H,9,12,17,24,31-33H2,1-5H3/p+1. The fourth-order valence-corrected chi connectivity index (χ4v) is 8.74. The Morgan fingerprint density at radius 1 is 0.691 bits per heavy atom. The first-order valence-electron chi connectivity index (χ1n) is 19.5. The van der Waals surface area contributed by atoms with Crippen molar-refractivity contribution in [1.82, 2.24) is 10.2 Å². The number of rotatable bonds is 13. The fraction of sp³-hybridized carbons (Fsp3) is 0.292. The molecule has 0 radical (unpaired) electrons. The van der Waals surface area contributed by atoms with Gasteiger partial charge in [-0.2, -0.15) is 4.58 Å². The van der Waals surface area contributed by atoms with Crippen molar-refractivity contribution in [2.45, 2.75) is 64.2 Å². The highest BCUT2D eigenvalue weighted by Crippen LogP contribution is 2.51. The molecule has 3 aliphatic heterocycles. The molecule has 0 spiro atoms. The van der Waals surface area contributed by atoms with Crippen molar-refractivity contribution < 1.29 is 19.0 Å². The summed E-state index contributed by atoms with van der Waals surface area (Å²) < 4.78 is 2.32. The summed E-state index contributed by atoms with van der Waals surface area (Å²) in [6.07, 6.45) is 20.6. The number of unbranched alkanes of at least 4 members (excludes halogenated alkanes) is 2. The van der Waals surface area contributed by atoms with Crippen LogP contribution in [0.2, 0.25) is 0 Å². The second-order valence-electron chi connectivity index (χ2n) is 15.7. The summed E-state index contributed by atoms with van der Waals surface area (Å²) in [4.78, 5) is 39.6. The maximum absolute atomic E-state index is 12.5. The summed E-state index contributed by atoms with van der Waals surface area (Å²) in [5.41, 5.74) is 7.45. The quantitative estimate of drug-likeness (QED) is 0.0645. The predicted octanol–water partition coefficient (Wildman–Crippen LogP) is 8.95. The third kappa shape index (κ3) is 7.23. The van der Waals surface area contributed by atoms with Crippen LogP contribution in [0.5, 0.6) is 0 Å². The first kappa shape index (κ1) is 37.5. The van der Waals surface area contributed by atoms with E-state index in [0.717, 1.165) is 30.7 Å². The predicted molar refractivity (Wildman–Crippen MR) is 225 cm³/mol. The van der Waals surface area contributed by atoms with E-state index in [-0.39, 0.29) is 41.6 Å². The van der Waals surface area contributed by atoms with Gasteiger partial charge >= 0.3 is 0 Å².